The first kappa shape index (κ1) is 20.6. The Hall–Kier alpha value is -3.33. The Labute approximate surface area is 187 Å². The second-order valence-electron chi connectivity index (χ2n) is 8.25. The van der Waals surface area contributed by atoms with Gasteiger partial charge in [-0.15, -0.1) is 11.3 Å². The number of halogens is 2. The third-order valence-corrected chi connectivity index (χ3v) is 7.32. The summed E-state index contributed by atoms with van der Waals surface area (Å²) in [5.41, 5.74) is 1.78. The molecule has 3 aromatic heterocycles. The van der Waals surface area contributed by atoms with Crippen LogP contribution in [0.2, 0.25) is 0 Å². The molecular formula is C23H20F2N4O2S. The second kappa shape index (κ2) is 7.37. The van der Waals surface area contributed by atoms with Crippen LogP contribution in [0.3, 0.4) is 0 Å². The van der Waals surface area contributed by atoms with Crippen LogP contribution in [0, 0.1) is 11.6 Å². The Morgan fingerprint density at radius 1 is 1.28 bits per heavy atom. The molecule has 0 saturated heterocycles. The van der Waals surface area contributed by atoms with Crippen LogP contribution in [0.25, 0.3) is 11.3 Å². The molecule has 0 bridgehead atoms. The zero-order valence-corrected chi connectivity index (χ0v) is 18.5. The number of carbonyl (C=O) groups is 1. The lowest BCUT2D eigenvalue weighted by Crippen LogP contribution is -2.48. The number of aromatic nitrogens is 3. The minimum atomic E-state index is -0.779. The summed E-state index contributed by atoms with van der Waals surface area (Å²) in [4.78, 5) is 16.4. The number of thiophene rings is 1. The van der Waals surface area contributed by atoms with Crippen molar-refractivity contribution in [3.8, 4) is 11.3 Å². The average Bonchev–Trinajstić information content (AvgIpc) is 3.51. The van der Waals surface area contributed by atoms with Gasteiger partial charge in [0, 0.05) is 47.8 Å². The Bertz CT molecular complexity index is 1330. The Balaban J connectivity index is 1.51. The molecule has 2 unspecified atom stereocenters. The van der Waals surface area contributed by atoms with Gasteiger partial charge < -0.3 is 9.42 Å². The van der Waals surface area contributed by atoms with E-state index in [-0.39, 0.29) is 29.0 Å². The van der Waals surface area contributed by atoms with Gasteiger partial charge in [-0.3, -0.25) is 9.48 Å². The summed E-state index contributed by atoms with van der Waals surface area (Å²) >= 11 is 1.67. The smallest absolute Gasteiger partial charge is 0.276 e. The quantitative estimate of drug-likeness (QED) is 0.440. The molecule has 0 radical (unpaired) electrons. The maximum atomic E-state index is 14.2. The van der Waals surface area contributed by atoms with Gasteiger partial charge in [-0.2, -0.15) is 5.10 Å². The van der Waals surface area contributed by atoms with Crippen molar-refractivity contribution in [2.75, 3.05) is 6.54 Å². The zero-order chi connectivity index (χ0) is 22.6. The molecule has 1 aliphatic heterocycles. The highest BCUT2D eigenvalue weighted by atomic mass is 32.1. The number of hydrogen-bond acceptors (Lipinski definition) is 5. The Morgan fingerprint density at radius 3 is 2.81 bits per heavy atom. The number of fused-ring (bicyclic) bond motifs is 1. The number of hydrogen-bond donors (Lipinski definition) is 0. The second-order valence-corrected chi connectivity index (χ2v) is 9.17. The van der Waals surface area contributed by atoms with E-state index in [2.05, 4.69) is 17.2 Å². The predicted molar refractivity (Wildman–Crippen MR) is 115 cm³/mol. The first-order valence-electron chi connectivity index (χ1n) is 10.1. The molecule has 0 fully saturated rings. The number of amides is 1. The standard InChI is InChI=1S/C23H20F2N4O2S/c1-13-16-6-7-32-21(16)23(2,14-10-26-28(3)11-14)12-29(13)22(30)19-9-20(31-27-19)17-5-4-15(24)8-18(17)25/h4-11,13H,12H2,1-3H3. The number of aryl methyl sites for hydroxylation is 1. The van der Waals surface area contributed by atoms with E-state index in [1.165, 1.54) is 17.0 Å². The fraction of sp³-hybridized carbons (Fsp3) is 0.261. The highest BCUT2D eigenvalue weighted by molar-refractivity contribution is 7.10. The van der Waals surface area contributed by atoms with Crippen LogP contribution in [-0.2, 0) is 12.5 Å². The molecule has 1 amide bonds. The predicted octanol–water partition coefficient (Wildman–Crippen LogP) is 4.94. The minimum absolute atomic E-state index is 0.0463. The summed E-state index contributed by atoms with van der Waals surface area (Å²) < 4.78 is 34.4. The van der Waals surface area contributed by atoms with Crippen molar-refractivity contribution in [1.29, 1.82) is 0 Å². The third-order valence-electron chi connectivity index (χ3n) is 6.13. The average molecular weight is 455 g/mol. The molecule has 0 saturated carbocycles. The molecule has 32 heavy (non-hydrogen) atoms. The maximum absolute atomic E-state index is 14.2. The van der Waals surface area contributed by atoms with Crippen molar-refractivity contribution >= 4 is 17.2 Å². The van der Waals surface area contributed by atoms with Crippen molar-refractivity contribution in [2.24, 2.45) is 7.05 Å². The molecule has 6 nitrogen and oxygen atoms in total. The molecule has 4 heterocycles. The Morgan fingerprint density at radius 2 is 2.09 bits per heavy atom. The van der Waals surface area contributed by atoms with Crippen LogP contribution in [0.1, 0.15) is 46.4 Å². The molecule has 0 aliphatic carbocycles. The first-order chi connectivity index (χ1) is 15.3. The summed E-state index contributed by atoms with van der Waals surface area (Å²) in [6.07, 6.45) is 3.79. The summed E-state index contributed by atoms with van der Waals surface area (Å²) in [6, 6.07) is 6.43. The zero-order valence-electron chi connectivity index (χ0n) is 17.7. The van der Waals surface area contributed by atoms with E-state index in [1.807, 2.05) is 37.8 Å². The molecule has 1 aliphatic rings. The Kier molecular flexibility index (Phi) is 4.74. The SMILES string of the molecule is CC1c2ccsc2C(C)(c2cnn(C)c2)CN1C(=O)c1cc(-c2ccc(F)cc2F)on1. The van der Waals surface area contributed by atoms with Gasteiger partial charge in [0.25, 0.3) is 5.91 Å². The van der Waals surface area contributed by atoms with E-state index in [1.54, 1.807) is 20.9 Å². The topological polar surface area (TPSA) is 64.2 Å². The van der Waals surface area contributed by atoms with E-state index in [0.29, 0.717) is 6.54 Å². The molecule has 4 aromatic rings. The first-order valence-corrected chi connectivity index (χ1v) is 11.0. The van der Waals surface area contributed by atoms with Gasteiger partial charge in [0.2, 0.25) is 0 Å². The van der Waals surface area contributed by atoms with Gasteiger partial charge in [0.15, 0.2) is 11.5 Å². The molecule has 2 atom stereocenters. The van der Waals surface area contributed by atoms with Gasteiger partial charge in [0.1, 0.15) is 11.6 Å². The number of carbonyl (C=O) groups excluding carboxylic acids is 1. The maximum Gasteiger partial charge on any atom is 0.276 e. The lowest BCUT2D eigenvalue weighted by molar-refractivity contribution is 0.0620. The lowest BCUT2D eigenvalue weighted by Gasteiger charge is -2.43. The highest BCUT2D eigenvalue weighted by Crippen LogP contribution is 2.46. The number of rotatable bonds is 3. The minimum Gasteiger partial charge on any atom is -0.355 e. The largest absolute Gasteiger partial charge is 0.355 e. The van der Waals surface area contributed by atoms with Crippen molar-refractivity contribution in [3.05, 3.63) is 81.4 Å². The normalized spacial score (nSPS) is 20.4. The van der Waals surface area contributed by atoms with Gasteiger partial charge in [-0.05, 0) is 43.0 Å². The van der Waals surface area contributed by atoms with Crippen LogP contribution in [0.15, 0.2) is 52.6 Å². The van der Waals surface area contributed by atoms with E-state index in [4.69, 9.17) is 4.52 Å². The molecule has 164 valence electrons. The summed E-state index contributed by atoms with van der Waals surface area (Å²) in [5.74, 6) is -1.72. The van der Waals surface area contributed by atoms with Crippen LogP contribution in [0.4, 0.5) is 8.78 Å². The summed E-state index contributed by atoms with van der Waals surface area (Å²) in [5, 5.41) is 10.3. The van der Waals surface area contributed by atoms with Crippen LogP contribution in [0.5, 0.6) is 0 Å². The van der Waals surface area contributed by atoms with E-state index >= 15 is 0 Å². The third kappa shape index (κ3) is 3.15. The molecule has 0 spiro atoms. The van der Waals surface area contributed by atoms with Gasteiger partial charge >= 0.3 is 0 Å². The fourth-order valence-corrected chi connectivity index (χ4v) is 5.50. The van der Waals surface area contributed by atoms with E-state index in [0.717, 1.165) is 23.3 Å². The van der Waals surface area contributed by atoms with Gasteiger partial charge in [0.05, 0.1) is 17.8 Å². The van der Waals surface area contributed by atoms with Gasteiger partial charge in [-0.25, -0.2) is 8.78 Å². The number of benzene rings is 1. The van der Waals surface area contributed by atoms with Crippen LogP contribution in [-0.4, -0.2) is 32.3 Å². The highest BCUT2D eigenvalue weighted by Gasteiger charge is 2.44. The summed E-state index contributed by atoms with van der Waals surface area (Å²) in [7, 11) is 1.86. The van der Waals surface area contributed by atoms with Crippen molar-refractivity contribution in [2.45, 2.75) is 25.3 Å². The van der Waals surface area contributed by atoms with Crippen molar-refractivity contribution in [1.82, 2.24) is 19.8 Å². The summed E-state index contributed by atoms with van der Waals surface area (Å²) in [6.45, 7) is 4.51. The molecule has 5 rings (SSSR count). The van der Waals surface area contributed by atoms with Crippen LogP contribution >= 0.6 is 11.3 Å². The van der Waals surface area contributed by atoms with Crippen LogP contribution < -0.4 is 0 Å². The molecule has 0 N–H and O–H groups in total. The monoisotopic (exact) mass is 454 g/mol. The molecule has 9 heteroatoms. The van der Waals surface area contributed by atoms with E-state index < -0.39 is 17.0 Å². The van der Waals surface area contributed by atoms with E-state index in [9.17, 15) is 13.6 Å². The van der Waals surface area contributed by atoms with Crippen molar-refractivity contribution < 1.29 is 18.1 Å². The van der Waals surface area contributed by atoms with Gasteiger partial charge in [-0.1, -0.05) is 5.16 Å². The molecular weight excluding hydrogens is 434 g/mol. The fourth-order valence-electron chi connectivity index (χ4n) is 4.33. The van der Waals surface area contributed by atoms with Crippen molar-refractivity contribution in [3.63, 3.8) is 0 Å². The number of nitrogens with zero attached hydrogens (tertiary/aromatic N) is 4. The molecule has 1 aromatic carbocycles. The lowest BCUT2D eigenvalue weighted by atomic mass is 9.76.